The summed E-state index contributed by atoms with van der Waals surface area (Å²) in [5.41, 5.74) is 2.28. The van der Waals surface area contributed by atoms with Gasteiger partial charge in [0.05, 0.1) is 6.20 Å². The molecule has 1 aliphatic heterocycles. The SMILES string of the molecule is CCCN1CCc2c(cnn2C)C1C(=O)N(C)C. The summed E-state index contributed by atoms with van der Waals surface area (Å²) in [4.78, 5) is 16.3. The summed E-state index contributed by atoms with van der Waals surface area (Å²) in [6, 6.07) is -0.155. The van der Waals surface area contributed by atoms with Gasteiger partial charge in [0.25, 0.3) is 0 Å². The second kappa shape index (κ2) is 5.10. The van der Waals surface area contributed by atoms with Gasteiger partial charge < -0.3 is 4.90 Å². The maximum atomic E-state index is 12.4. The van der Waals surface area contributed by atoms with Gasteiger partial charge in [-0.05, 0) is 13.0 Å². The zero-order valence-corrected chi connectivity index (χ0v) is 11.7. The number of carbonyl (C=O) groups is 1. The zero-order valence-electron chi connectivity index (χ0n) is 11.7. The fraction of sp³-hybridized carbons (Fsp3) is 0.692. The molecule has 1 atom stereocenters. The standard InChI is InChI=1S/C13H22N4O/c1-5-7-17-8-6-11-10(9-14-16(11)4)12(17)13(18)15(2)3/h9,12H,5-8H2,1-4H3. The summed E-state index contributed by atoms with van der Waals surface area (Å²) in [5.74, 6) is 0.150. The minimum absolute atomic E-state index is 0.150. The third-order valence-corrected chi connectivity index (χ3v) is 3.57. The van der Waals surface area contributed by atoms with Gasteiger partial charge in [-0.15, -0.1) is 0 Å². The molecule has 1 aliphatic rings. The number of aryl methyl sites for hydroxylation is 1. The maximum Gasteiger partial charge on any atom is 0.244 e. The molecule has 0 spiro atoms. The average molecular weight is 250 g/mol. The van der Waals surface area contributed by atoms with E-state index >= 15 is 0 Å². The Kier molecular flexibility index (Phi) is 3.71. The van der Waals surface area contributed by atoms with Gasteiger partial charge in [-0.3, -0.25) is 14.4 Å². The summed E-state index contributed by atoms with van der Waals surface area (Å²) in [7, 11) is 5.58. The van der Waals surface area contributed by atoms with Crippen LogP contribution in [0.15, 0.2) is 6.20 Å². The molecule has 1 aromatic rings. The van der Waals surface area contributed by atoms with E-state index in [4.69, 9.17) is 0 Å². The van der Waals surface area contributed by atoms with Gasteiger partial charge in [-0.1, -0.05) is 6.92 Å². The third-order valence-electron chi connectivity index (χ3n) is 3.57. The number of rotatable bonds is 3. The van der Waals surface area contributed by atoms with Crippen molar-refractivity contribution in [2.24, 2.45) is 7.05 Å². The van der Waals surface area contributed by atoms with E-state index in [2.05, 4.69) is 16.9 Å². The Labute approximate surface area is 108 Å². The van der Waals surface area contributed by atoms with E-state index in [0.717, 1.165) is 31.5 Å². The molecule has 0 saturated carbocycles. The highest BCUT2D eigenvalue weighted by Crippen LogP contribution is 2.30. The smallest absolute Gasteiger partial charge is 0.244 e. The summed E-state index contributed by atoms with van der Waals surface area (Å²) in [6.45, 7) is 4.04. The van der Waals surface area contributed by atoms with Crippen LogP contribution in [-0.4, -0.2) is 52.7 Å². The van der Waals surface area contributed by atoms with Crippen LogP contribution in [0.2, 0.25) is 0 Å². The normalized spacial score (nSPS) is 19.7. The van der Waals surface area contributed by atoms with E-state index in [1.165, 1.54) is 5.69 Å². The molecule has 2 heterocycles. The Morgan fingerprint density at radius 1 is 1.56 bits per heavy atom. The maximum absolute atomic E-state index is 12.4. The van der Waals surface area contributed by atoms with Gasteiger partial charge in [-0.25, -0.2) is 0 Å². The first-order valence-electron chi connectivity index (χ1n) is 6.52. The van der Waals surface area contributed by atoms with Crippen LogP contribution in [-0.2, 0) is 18.3 Å². The van der Waals surface area contributed by atoms with E-state index in [9.17, 15) is 4.79 Å². The van der Waals surface area contributed by atoms with Crippen LogP contribution in [0.5, 0.6) is 0 Å². The molecule has 1 unspecified atom stereocenters. The van der Waals surface area contributed by atoms with Crippen molar-refractivity contribution >= 4 is 5.91 Å². The first kappa shape index (κ1) is 13.1. The lowest BCUT2D eigenvalue weighted by Gasteiger charge is -2.35. The van der Waals surface area contributed by atoms with Crippen molar-refractivity contribution in [1.29, 1.82) is 0 Å². The molecule has 18 heavy (non-hydrogen) atoms. The third kappa shape index (κ3) is 2.14. The summed E-state index contributed by atoms with van der Waals surface area (Å²) in [6.07, 6.45) is 3.89. The lowest BCUT2D eigenvalue weighted by molar-refractivity contribution is -0.135. The number of amides is 1. The van der Waals surface area contributed by atoms with Crippen molar-refractivity contribution in [3.8, 4) is 0 Å². The van der Waals surface area contributed by atoms with Crippen molar-refractivity contribution in [3.63, 3.8) is 0 Å². The molecule has 0 bridgehead atoms. The highest BCUT2D eigenvalue weighted by molar-refractivity contribution is 5.83. The summed E-state index contributed by atoms with van der Waals surface area (Å²) in [5, 5.41) is 4.30. The van der Waals surface area contributed by atoms with Crippen molar-refractivity contribution in [2.45, 2.75) is 25.8 Å². The van der Waals surface area contributed by atoms with Crippen molar-refractivity contribution < 1.29 is 4.79 Å². The first-order valence-corrected chi connectivity index (χ1v) is 6.52. The Bertz CT molecular complexity index is 438. The number of hydrogen-bond acceptors (Lipinski definition) is 3. The van der Waals surface area contributed by atoms with Gasteiger partial charge >= 0.3 is 0 Å². The molecule has 100 valence electrons. The molecule has 0 N–H and O–H groups in total. The molecule has 0 aromatic carbocycles. The van der Waals surface area contributed by atoms with Crippen LogP contribution < -0.4 is 0 Å². The van der Waals surface area contributed by atoms with E-state index in [1.807, 2.05) is 32.0 Å². The van der Waals surface area contributed by atoms with Crippen molar-refractivity contribution in [3.05, 3.63) is 17.5 Å². The second-order valence-corrected chi connectivity index (χ2v) is 5.09. The number of likely N-dealkylation sites (N-methyl/N-ethyl adjacent to an activating group) is 1. The highest BCUT2D eigenvalue weighted by Gasteiger charge is 2.35. The van der Waals surface area contributed by atoms with Crippen molar-refractivity contribution in [2.75, 3.05) is 27.2 Å². The van der Waals surface area contributed by atoms with Crippen LogP contribution in [0.25, 0.3) is 0 Å². The number of nitrogens with zero attached hydrogens (tertiary/aromatic N) is 4. The highest BCUT2D eigenvalue weighted by atomic mass is 16.2. The fourth-order valence-corrected chi connectivity index (χ4v) is 2.65. The molecule has 0 fully saturated rings. The predicted molar refractivity (Wildman–Crippen MR) is 70.2 cm³/mol. The quantitative estimate of drug-likeness (QED) is 0.797. The molecule has 0 aliphatic carbocycles. The molecule has 2 rings (SSSR count). The minimum atomic E-state index is -0.155. The van der Waals surface area contributed by atoms with Gasteiger partial charge in [0.15, 0.2) is 0 Å². The summed E-state index contributed by atoms with van der Waals surface area (Å²) >= 11 is 0. The zero-order chi connectivity index (χ0) is 13.3. The molecule has 5 nitrogen and oxygen atoms in total. The monoisotopic (exact) mass is 250 g/mol. The molecular formula is C13H22N4O. The minimum Gasteiger partial charge on any atom is -0.347 e. The van der Waals surface area contributed by atoms with Crippen LogP contribution >= 0.6 is 0 Å². The molecular weight excluding hydrogens is 228 g/mol. The Morgan fingerprint density at radius 3 is 2.89 bits per heavy atom. The Morgan fingerprint density at radius 2 is 2.28 bits per heavy atom. The average Bonchev–Trinajstić information content (AvgIpc) is 2.70. The number of hydrogen-bond donors (Lipinski definition) is 0. The largest absolute Gasteiger partial charge is 0.347 e. The van der Waals surface area contributed by atoms with Crippen LogP contribution in [0, 0.1) is 0 Å². The summed E-state index contributed by atoms with van der Waals surface area (Å²) < 4.78 is 1.90. The van der Waals surface area contributed by atoms with E-state index in [1.54, 1.807) is 4.90 Å². The Hall–Kier alpha value is -1.36. The number of fused-ring (bicyclic) bond motifs is 1. The van der Waals surface area contributed by atoms with E-state index in [0.29, 0.717) is 0 Å². The van der Waals surface area contributed by atoms with Crippen molar-refractivity contribution in [1.82, 2.24) is 19.6 Å². The van der Waals surface area contributed by atoms with Crippen LogP contribution in [0.4, 0.5) is 0 Å². The van der Waals surface area contributed by atoms with Gasteiger partial charge in [0, 0.05) is 45.4 Å². The van der Waals surface area contributed by atoms with Crippen LogP contribution in [0.1, 0.15) is 30.6 Å². The topological polar surface area (TPSA) is 41.4 Å². The van der Waals surface area contributed by atoms with E-state index in [-0.39, 0.29) is 11.9 Å². The van der Waals surface area contributed by atoms with Crippen LogP contribution in [0.3, 0.4) is 0 Å². The lowest BCUT2D eigenvalue weighted by atomic mass is 9.97. The van der Waals surface area contributed by atoms with E-state index < -0.39 is 0 Å². The predicted octanol–water partition coefficient (Wildman–Crippen LogP) is 0.818. The number of aromatic nitrogens is 2. The Balaban J connectivity index is 2.37. The fourth-order valence-electron chi connectivity index (χ4n) is 2.65. The molecule has 1 aromatic heterocycles. The van der Waals surface area contributed by atoms with Gasteiger partial charge in [-0.2, -0.15) is 5.10 Å². The van der Waals surface area contributed by atoms with Gasteiger partial charge in [0.2, 0.25) is 5.91 Å². The molecule has 5 heteroatoms. The first-order chi connectivity index (χ1) is 8.56. The lowest BCUT2D eigenvalue weighted by Crippen LogP contribution is -2.44. The second-order valence-electron chi connectivity index (χ2n) is 5.09. The molecule has 0 saturated heterocycles. The number of carbonyl (C=O) groups excluding carboxylic acids is 1. The molecule has 1 amide bonds. The van der Waals surface area contributed by atoms with Gasteiger partial charge in [0.1, 0.15) is 6.04 Å². The molecule has 0 radical (unpaired) electrons.